The lowest BCUT2D eigenvalue weighted by molar-refractivity contribution is -0.146. The van der Waals surface area contributed by atoms with Gasteiger partial charge < -0.3 is 5.11 Å². The van der Waals surface area contributed by atoms with Gasteiger partial charge in [-0.25, -0.2) is 13.1 Å². The molecule has 5 nitrogen and oxygen atoms in total. The van der Waals surface area contributed by atoms with Crippen molar-refractivity contribution in [2.45, 2.75) is 25.7 Å². The van der Waals surface area contributed by atoms with E-state index >= 15 is 0 Å². The molecule has 0 radical (unpaired) electrons. The fourth-order valence-electron chi connectivity index (χ4n) is 1.26. The summed E-state index contributed by atoms with van der Waals surface area (Å²) < 4.78 is 27.9. The Morgan fingerprint density at radius 1 is 1.30 bits per heavy atom. The second kappa shape index (κ2) is 6.13. The van der Waals surface area contributed by atoms with E-state index in [1.807, 2.05) is 6.92 Å². The molecule has 2 N–H and O–H groups in total. The SMILES string of the molecule is Cc1cc(Br)c(S(=O)(=O)NCC(C)(C)C(=O)O)cc1Br. The van der Waals surface area contributed by atoms with Gasteiger partial charge in [-0.3, -0.25) is 4.79 Å². The average molecular weight is 429 g/mol. The first-order chi connectivity index (χ1) is 8.97. The molecule has 0 aromatic heterocycles. The molecule has 0 aliphatic rings. The topological polar surface area (TPSA) is 83.5 Å². The number of carbonyl (C=O) groups is 1. The number of aliphatic carboxylic acids is 1. The number of carboxylic acid groups (broad SMARTS) is 1. The summed E-state index contributed by atoms with van der Waals surface area (Å²) in [6, 6.07) is 3.16. The number of hydrogen-bond acceptors (Lipinski definition) is 3. The van der Waals surface area contributed by atoms with Gasteiger partial charge in [0.2, 0.25) is 10.0 Å². The lowest BCUT2D eigenvalue weighted by atomic mass is 9.95. The predicted molar refractivity (Wildman–Crippen MR) is 83.2 cm³/mol. The number of rotatable bonds is 5. The number of benzene rings is 1. The van der Waals surface area contributed by atoms with Gasteiger partial charge in [0.05, 0.1) is 10.3 Å². The molecule has 0 saturated heterocycles. The summed E-state index contributed by atoms with van der Waals surface area (Å²) in [5.74, 6) is -1.07. The Balaban J connectivity index is 3.07. The van der Waals surface area contributed by atoms with Crippen LogP contribution in [0.2, 0.25) is 0 Å². The Morgan fingerprint density at radius 2 is 1.85 bits per heavy atom. The number of nitrogens with one attached hydrogen (secondary N) is 1. The molecular weight excluding hydrogens is 414 g/mol. The normalized spacial score (nSPS) is 12.4. The molecule has 0 heterocycles. The molecule has 0 fully saturated rings. The lowest BCUT2D eigenvalue weighted by Gasteiger charge is -2.20. The number of sulfonamides is 1. The summed E-state index contributed by atoms with van der Waals surface area (Å²) in [6.45, 7) is 4.56. The minimum atomic E-state index is -3.79. The maximum Gasteiger partial charge on any atom is 0.310 e. The zero-order valence-corrected chi connectivity index (χ0v) is 15.2. The molecule has 0 atom stereocenters. The van der Waals surface area contributed by atoms with Crippen LogP contribution in [0.4, 0.5) is 0 Å². The standard InChI is InChI=1S/C12H15Br2NO4S/c1-7-4-9(14)10(5-8(7)13)20(18,19)15-6-12(2,3)11(16)17/h4-5,15H,6H2,1-3H3,(H,16,17). The van der Waals surface area contributed by atoms with Crippen molar-refractivity contribution < 1.29 is 18.3 Å². The molecule has 0 bridgehead atoms. The van der Waals surface area contributed by atoms with Crippen LogP contribution in [0.15, 0.2) is 26.0 Å². The molecule has 0 spiro atoms. The van der Waals surface area contributed by atoms with Crippen LogP contribution >= 0.6 is 31.9 Å². The first-order valence-corrected chi connectivity index (χ1v) is 8.73. The van der Waals surface area contributed by atoms with Crippen LogP contribution in [0.1, 0.15) is 19.4 Å². The van der Waals surface area contributed by atoms with Gasteiger partial charge in [0.15, 0.2) is 0 Å². The van der Waals surface area contributed by atoms with E-state index in [1.165, 1.54) is 19.9 Å². The van der Waals surface area contributed by atoms with Gasteiger partial charge in [-0.05, 0) is 54.4 Å². The number of halogens is 2. The van der Waals surface area contributed by atoms with Crippen molar-refractivity contribution in [1.82, 2.24) is 4.72 Å². The van der Waals surface area contributed by atoms with Crippen LogP contribution in [0, 0.1) is 12.3 Å². The third-order valence-electron chi connectivity index (χ3n) is 2.79. The van der Waals surface area contributed by atoms with Crippen LogP contribution in [0.3, 0.4) is 0 Å². The van der Waals surface area contributed by atoms with E-state index in [0.717, 1.165) is 5.56 Å². The van der Waals surface area contributed by atoms with E-state index in [4.69, 9.17) is 5.11 Å². The van der Waals surface area contributed by atoms with Crippen molar-refractivity contribution in [1.29, 1.82) is 0 Å². The summed E-state index contributed by atoms with van der Waals surface area (Å²) in [5.41, 5.74) is -0.289. The summed E-state index contributed by atoms with van der Waals surface area (Å²) in [6.07, 6.45) is 0. The Kier molecular flexibility index (Phi) is 5.40. The fraction of sp³-hybridized carbons (Fsp3) is 0.417. The Morgan fingerprint density at radius 3 is 2.35 bits per heavy atom. The van der Waals surface area contributed by atoms with Crippen molar-refractivity contribution in [3.05, 3.63) is 26.6 Å². The first kappa shape index (κ1) is 17.6. The quantitative estimate of drug-likeness (QED) is 0.755. The third-order valence-corrected chi connectivity index (χ3v) is 6.00. The minimum absolute atomic E-state index is 0.0659. The molecule has 0 amide bonds. The molecule has 0 aliphatic carbocycles. The van der Waals surface area contributed by atoms with Crippen molar-refractivity contribution in [2.24, 2.45) is 5.41 Å². The highest BCUT2D eigenvalue weighted by atomic mass is 79.9. The second-order valence-electron chi connectivity index (χ2n) is 5.05. The van der Waals surface area contributed by atoms with Gasteiger partial charge in [0.25, 0.3) is 0 Å². The predicted octanol–water partition coefficient (Wildman–Crippen LogP) is 2.91. The van der Waals surface area contributed by atoms with Gasteiger partial charge in [-0.1, -0.05) is 15.9 Å². The van der Waals surface area contributed by atoms with E-state index in [2.05, 4.69) is 36.6 Å². The smallest absolute Gasteiger partial charge is 0.310 e. The monoisotopic (exact) mass is 427 g/mol. The molecule has 8 heteroatoms. The second-order valence-corrected chi connectivity index (χ2v) is 8.49. The van der Waals surface area contributed by atoms with Crippen LogP contribution in [-0.4, -0.2) is 26.0 Å². The maximum atomic E-state index is 12.2. The Bertz CT molecular complexity index is 641. The Labute approximate surface area is 135 Å². The van der Waals surface area contributed by atoms with Crippen molar-refractivity contribution in [3.8, 4) is 0 Å². The first-order valence-electron chi connectivity index (χ1n) is 5.66. The van der Waals surface area contributed by atoms with Crippen LogP contribution in [-0.2, 0) is 14.8 Å². The molecule has 0 unspecified atom stereocenters. The summed E-state index contributed by atoms with van der Waals surface area (Å²) in [5, 5.41) is 8.99. The molecule has 1 aromatic rings. The van der Waals surface area contributed by atoms with E-state index in [9.17, 15) is 13.2 Å². The van der Waals surface area contributed by atoms with Gasteiger partial charge in [-0.15, -0.1) is 0 Å². The van der Waals surface area contributed by atoms with Gasteiger partial charge in [0, 0.05) is 15.5 Å². The molecule has 1 aromatic carbocycles. The zero-order chi connectivity index (χ0) is 15.7. The van der Waals surface area contributed by atoms with Gasteiger partial charge in [0.1, 0.15) is 0 Å². The van der Waals surface area contributed by atoms with Gasteiger partial charge >= 0.3 is 5.97 Å². The van der Waals surface area contributed by atoms with Crippen LogP contribution < -0.4 is 4.72 Å². The maximum absolute atomic E-state index is 12.2. The van der Waals surface area contributed by atoms with E-state index in [-0.39, 0.29) is 11.4 Å². The van der Waals surface area contributed by atoms with Crippen molar-refractivity contribution in [3.63, 3.8) is 0 Å². The molecular formula is C12H15Br2NO4S. The average Bonchev–Trinajstić information content (AvgIpc) is 2.31. The Hall–Kier alpha value is -0.440. The summed E-state index contributed by atoms with van der Waals surface area (Å²) >= 11 is 6.49. The molecule has 0 saturated carbocycles. The largest absolute Gasteiger partial charge is 0.481 e. The fourth-order valence-corrected chi connectivity index (χ4v) is 4.15. The van der Waals surface area contributed by atoms with Crippen LogP contribution in [0.5, 0.6) is 0 Å². The third kappa shape index (κ3) is 4.03. The molecule has 112 valence electrons. The number of aryl methyl sites for hydroxylation is 1. The number of hydrogen-bond donors (Lipinski definition) is 2. The highest BCUT2D eigenvalue weighted by molar-refractivity contribution is 9.11. The lowest BCUT2D eigenvalue weighted by Crippen LogP contribution is -2.39. The van der Waals surface area contributed by atoms with E-state index in [0.29, 0.717) is 8.95 Å². The van der Waals surface area contributed by atoms with Crippen LogP contribution in [0.25, 0.3) is 0 Å². The molecule has 20 heavy (non-hydrogen) atoms. The summed E-state index contributed by atoms with van der Waals surface area (Å²) in [7, 11) is -3.79. The molecule has 1 rings (SSSR count). The molecule has 0 aliphatic heterocycles. The van der Waals surface area contributed by atoms with E-state index in [1.54, 1.807) is 6.07 Å². The van der Waals surface area contributed by atoms with Gasteiger partial charge in [-0.2, -0.15) is 0 Å². The number of carboxylic acids is 1. The van der Waals surface area contributed by atoms with Crippen molar-refractivity contribution >= 4 is 47.9 Å². The highest BCUT2D eigenvalue weighted by Crippen LogP contribution is 2.29. The summed E-state index contributed by atoms with van der Waals surface area (Å²) in [4.78, 5) is 11.1. The highest BCUT2D eigenvalue weighted by Gasteiger charge is 2.30. The van der Waals surface area contributed by atoms with E-state index < -0.39 is 21.4 Å². The van der Waals surface area contributed by atoms with Crippen molar-refractivity contribution in [2.75, 3.05) is 6.54 Å². The zero-order valence-electron chi connectivity index (χ0n) is 11.2. The minimum Gasteiger partial charge on any atom is -0.481 e.